The molecule has 0 fully saturated rings. The van der Waals surface area contributed by atoms with Gasteiger partial charge >= 0.3 is 0 Å². The normalized spacial score (nSPS) is 14.2. The lowest BCUT2D eigenvalue weighted by molar-refractivity contribution is 0.180. The van der Waals surface area contributed by atoms with Crippen LogP contribution in [-0.2, 0) is 10.1 Å². The van der Waals surface area contributed by atoms with Gasteiger partial charge in [-0.1, -0.05) is 116 Å². The Bertz CT molecular complexity index is 434. The van der Waals surface area contributed by atoms with E-state index in [1.54, 1.807) is 6.92 Å². The van der Waals surface area contributed by atoms with E-state index in [0.29, 0.717) is 19.3 Å². The number of aliphatic hydroxyl groups is 1. The van der Waals surface area contributed by atoms with Crippen molar-refractivity contribution in [2.45, 2.75) is 154 Å². The van der Waals surface area contributed by atoms with Gasteiger partial charge in [0, 0.05) is 0 Å². The summed E-state index contributed by atoms with van der Waals surface area (Å²) < 4.78 is 32.2. The van der Waals surface area contributed by atoms with Crippen LogP contribution in [-0.4, -0.2) is 29.4 Å². The van der Waals surface area contributed by atoms with Gasteiger partial charge in [0.1, 0.15) is 0 Å². The molecule has 176 valence electrons. The van der Waals surface area contributed by atoms with Gasteiger partial charge in [-0.15, -0.1) is 0 Å². The Labute approximate surface area is 182 Å². The fourth-order valence-electron chi connectivity index (χ4n) is 3.97. The summed E-state index contributed by atoms with van der Waals surface area (Å²) in [7, 11) is -3.99. The molecule has 2 unspecified atom stereocenters. The van der Waals surface area contributed by atoms with Crippen LogP contribution >= 0.6 is 0 Å². The Balaban J connectivity index is 3.40. The molecule has 0 amide bonds. The maximum Gasteiger partial charge on any atom is 0.267 e. The summed E-state index contributed by atoms with van der Waals surface area (Å²) in [5.74, 6) is 0. The van der Waals surface area contributed by atoms with Crippen LogP contribution in [0.25, 0.3) is 0 Å². The maximum absolute atomic E-state index is 11.4. The van der Waals surface area contributed by atoms with Crippen molar-refractivity contribution in [3.63, 3.8) is 0 Å². The van der Waals surface area contributed by atoms with Crippen molar-refractivity contribution in [2.24, 2.45) is 0 Å². The lowest BCUT2D eigenvalue weighted by Crippen LogP contribution is -2.22. The van der Waals surface area contributed by atoms with E-state index in [2.05, 4.69) is 6.92 Å². The van der Waals surface area contributed by atoms with Gasteiger partial charge in [-0.05, 0) is 26.2 Å². The minimum Gasteiger partial charge on any atom is -0.393 e. The minimum atomic E-state index is -3.99. The van der Waals surface area contributed by atoms with Gasteiger partial charge in [0.15, 0.2) is 0 Å². The monoisotopic (exact) mass is 434 g/mol. The molecular formula is C24H50O4S. The zero-order valence-corrected chi connectivity index (χ0v) is 20.2. The predicted molar refractivity (Wildman–Crippen MR) is 125 cm³/mol. The zero-order chi connectivity index (χ0) is 21.8. The van der Waals surface area contributed by atoms with Crippen molar-refractivity contribution in [3.05, 3.63) is 0 Å². The molecule has 0 aliphatic rings. The molecule has 0 aromatic rings. The quantitative estimate of drug-likeness (QED) is 0.137. The summed E-state index contributed by atoms with van der Waals surface area (Å²) in [5, 5.41) is 8.60. The first-order valence-corrected chi connectivity index (χ1v) is 14.0. The van der Waals surface area contributed by atoms with Crippen LogP contribution in [0, 0.1) is 0 Å². The van der Waals surface area contributed by atoms with Crippen molar-refractivity contribution in [1.82, 2.24) is 0 Å². The number of aliphatic hydroxyl groups excluding tert-OH is 1. The van der Waals surface area contributed by atoms with Crippen LogP contribution in [0.3, 0.4) is 0 Å². The average Bonchev–Trinajstić information content (AvgIpc) is 2.65. The standard InChI is InChI=1S/C24H50O4S/c1-3-4-5-6-7-8-9-10-11-12-13-14-15-16-17-18-19-20-24(29(26,27)28)22-21-23(2)25/h23-25H,3-22H2,1-2H3,(H,26,27,28). The average molecular weight is 435 g/mol. The smallest absolute Gasteiger partial charge is 0.267 e. The Kier molecular flexibility index (Phi) is 19.7. The first-order valence-electron chi connectivity index (χ1n) is 12.5. The molecule has 0 saturated carbocycles. The maximum atomic E-state index is 11.4. The molecular weight excluding hydrogens is 384 g/mol. The van der Waals surface area contributed by atoms with E-state index < -0.39 is 21.5 Å². The topological polar surface area (TPSA) is 74.6 Å². The van der Waals surface area contributed by atoms with Gasteiger partial charge in [-0.25, -0.2) is 0 Å². The third-order valence-corrected chi connectivity index (χ3v) is 7.27. The molecule has 0 aliphatic carbocycles. The molecule has 2 N–H and O–H groups in total. The molecule has 5 heteroatoms. The van der Waals surface area contributed by atoms with Crippen LogP contribution < -0.4 is 0 Å². The van der Waals surface area contributed by atoms with E-state index in [0.717, 1.165) is 19.3 Å². The van der Waals surface area contributed by atoms with Crippen LogP contribution in [0.4, 0.5) is 0 Å². The van der Waals surface area contributed by atoms with Crippen LogP contribution in [0.5, 0.6) is 0 Å². The van der Waals surface area contributed by atoms with E-state index in [4.69, 9.17) is 0 Å². The van der Waals surface area contributed by atoms with Crippen LogP contribution in [0.1, 0.15) is 142 Å². The Hall–Kier alpha value is -0.130. The lowest BCUT2D eigenvalue weighted by atomic mass is 10.0. The van der Waals surface area contributed by atoms with Gasteiger partial charge in [0.2, 0.25) is 0 Å². The summed E-state index contributed by atoms with van der Waals surface area (Å²) in [4.78, 5) is 0. The van der Waals surface area contributed by atoms with Gasteiger partial charge in [-0.3, -0.25) is 4.55 Å². The fourth-order valence-corrected chi connectivity index (χ4v) is 4.86. The van der Waals surface area contributed by atoms with Crippen molar-refractivity contribution in [3.8, 4) is 0 Å². The molecule has 4 nitrogen and oxygen atoms in total. The highest BCUT2D eigenvalue weighted by atomic mass is 32.2. The first kappa shape index (κ1) is 28.9. The number of unbranched alkanes of at least 4 members (excludes halogenated alkanes) is 16. The van der Waals surface area contributed by atoms with Gasteiger partial charge in [0.05, 0.1) is 11.4 Å². The SMILES string of the molecule is CCCCCCCCCCCCCCCCCCCC(CCC(C)O)S(=O)(=O)O. The minimum absolute atomic E-state index is 0.343. The molecule has 0 saturated heterocycles. The summed E-state index contributed by atoms with van der Waals surface area (Å²) in [6, 6.07) is 0. The molecule has 0 rings (SSSR count). The molecule has 2 atom stereocenters. The predicted octanol–water partition coefficient (Wildman–Crippen LogP) is 7.45. The fraction of sp³-hybridized carbons (Fsp3) is 1.00. The van der Waals surface area contributed by atoms with Gasteiger partial charge in [-0.2, -0.15) is 8.42 Å². The molecule has 0 radical (unpaired) electrons. The third-order valence-electron chi connectivity index (χ3n) is 5.96. The zero-order valence-electron chi connectivity index (χ0n) is 19.4. The van der Waals surface area contributed by atoms with E-state index in [1.165, 1.54) is 89.9 Å². The van der Waals surface area contributed by atoms with Crippen LogP contribution in [0.15, 0.2) is 0 Å². The molecule has 0 aromatic carbocycles. The second kappa shape index (κ2) is 19.8. The number of hydrogen-bond acceptors (Lipinski definition) is 3. The van der Waals surface area contributed by atoms with Crippen molar-refractivity contribution in [2.75, 3.05) is 0 Å². The van der Waals surface area contributed by atoms with Crippen LogP contribution in [0.2, 0.25) is 0 Å². The van der Waals surface area contributed by atoms with Gasteiger partial charge in [0.25, 0.3) is 10.1 Å². The second-order valence-electron chi connectivity index (χ2n) is 9.01. The third kappa shape index (κ3) is 20.9. The van der Waals surface area contributed by atoms with Crippen molar-refractivity contribution in [1.29, 1.82) is 0 Å². The van der Waals surface area contributed by atoms with E-state index >= 15 is 0 Å². The van der Waals surface area contributed by atoms with E-state index in [1.807, 2.05) is 0 Å². The first-order chi connectivity index (χ1) is 13.9. The summed E-state index contributed by atoms with van der Waals surface area (Å²) in [6.45, 7) is 3.92. The number of rotatable bonds is 22. The summed E-state index contributed by atoms with van der Waals surface area (Å²) in [6.07, 6.45) is 22.9. The Morgan fingerprint density at radius 1 is 0.586 bits per heavy atom. The van der Waals surface area contributed by atoms with E-state index in [-0.39, 0.29) is 0 Å². The largest absolute Gasteiger partial charge is 0.393 e. The Morgan fingerprint density at radius 3 is 1.24 bits per heavy atom. The molecule has 0 aliphatic heterocycles. The highest BCUT2D eigenvalue weighted by Gasteiger charge is 2.22. The summed E-state index contributed by atoms with van der Waals surface area (Å²) >= 11 is 0. The summed E-state index contributed by atoms with van der Waals surface area (Å²) in [5.41, 5.74) is 0. The second-order valence-corrected chi connectivity index (χ2v) is 10.7. The van der Waals surface area contributed by atoms with E-state index in [9.17, 15) is 18.1 Å². The molecule has 0 aromatic heterocycles. The number of hydrogen-bond donors (Lipinski definition) is 2. The highest BCUT2D eigenvalue weighted by molar-refractivity contribution is 7.86. The molecule has 0 heterocycles. The molecule has 0 bridgehead atoms. The van der Waals surface area contributed by atoms with Crippen molar-refractivity contribution < 1.29 is 18.1 Å². The lowest BCUT2D eigenvalue weighted by Gasteiger charge is -2.14. The molecule has 0 spiro atoms. The highest BCUT2D eigenvalue weighted by Crippen LogP contribution is 2.18. The van der Waals surface area contributed by atoms with Gasteiger partial charge < -0.3 is 5.11 Å². The Morgan fingerprint density at radius 2 is 0.931 bits per heavy atom. The van der Waals surface area contributed by atoms with Crippen molar-refractivity contribution >= 4 is 10.1 Å². The molecule has 29 heavy (non-hydrogen) atoms.